The number of fused-ring (bicyclic) bond motifs is 1. The molecule has 5 nitrogen and oxygen atoms in total. The zero-order valence-electron chi connectivity index (χ0n) is 19.2. The van der Waals surface area contributed by atoms with E-state index < -0.39 is 6.10 Å². The van der Waals surface area contributed by atoms with Gasteiger partial charge in [0, 0.05) is 30.3 Å². The maximum absolute atomic E-state index is 11.0. The van der Waals surface area contributed by atoms with Crippen LogP contribution in [-0.4, -0.2) is 53.4 Å². The fourth-order valence-corrected chi connectivity index (χ4v) is 4.75. The monoisotopic (exact) mass is 444 g/mol. The van der Waals surface area contributed by atoms with Crippen LogP contribution in [0.15, 0.2) is 60.8 Å². The Kier molecular flexibility index (Phi) is 7.96. The molecule has 2 heterocycles. The quantitative estimate of drug-likeness (QED) is 0.539. The Morgan fingerprint density at radius 2 is 2.00 bits per heavy atom. The number of piperidine rings is 1. The van der Waals surface area contributed by atoms with Crippen LogP contribution >= 0.6 is 0 Å². The minimum absolute atomic E-state index is 0.165. The predicted molar refractivity (Wildman–Crippen MR) is 131 cm³/mol. The molecule has 0 aliphatic carbocycles. The number of methoxy groups -OCH3 is 1. The molecule has 0 unspecified atom stereocenters. The van der Waals surface area contributed by atoms with Gasteiger partial charge in [-0.2, -0.15) is 0 Å². The Morgan fingerprint density at radius 1 is 1.15 bits per heavy atom. The summed E-state index contributed by atoms with van der Waals surface area (Å²) in [6.45, 7) is 2.69. The third kappa shape index (κ3) is 5.91. The molecule has 0 amide bonds. The smallest absolute Gasteiger partial charge is 0.119 e. The van der Waals surface area contributed by atoms with Crippen molar-refractivity contribution in [2.75, 3.05) is 33.4 Å². The summed E-state index contributed by atoms with van der Waals surface area (Å²) in [6, 6.07) is 17.7. The van der Waals surface area contributed by atoms with Crippen LogP contribution in [0.25, 0.3) is 10.9 Å². The average molecular weight is 445 g/mol. The number of aliphatic hydroxyl groups excluding tert-OH is 2. The van der Waals surface area contributed by atoms with Crippen molar-refractivity contribution in [2.24, 2.45) is 11.8 Å². The number of benzene rings is 2. The second kappa shape index (κ2) is 11.3. The van der Waals surface area contributed by atoms with Gasteiger partial charge in [0.2, 0.25) is 0 Å². The van der Waals surface area contributed by atoms with Crippen LogP contribution in [0, 0.1) is 23.7 Å². The number of aliphatic hydroxyl groups is 2. The van der Waals surface area contributed by atoms with Crippen molar-refractivity contribution < 1.29 is 14.9 Å². The Hall–Kier alpha value is -2.91. The second-order valence-corrected chi connectivity index (χ2v) is 8.77. The molecule has 2 N–H and O–H groups in total. The fourth-order valence-electron chi connectivity index (χ4n) is 4.75. The number of hydrogen-bond donors (Lipinski definition) is 2. The molecule has 1 aromatic heterocycles. The Labute approximate surface area is 196 Å². The van der Waals surface area contributed by atoms with Gasteiger partial charge in [-0.3, -0.25) is 9.88 Å². The first-order valence-corrected chi connectivity index (χ1v) is 11.7. The second-order valence-electron chi connectivity index (χ2n) is 8.77. The van der Waals surface area contributed by atoms with Crippen LogP contribution < -0.4 is 4.74 Å². The van der Waals surface area contributed by atoms with Crippen molar-refractivity contribution in [1.82, 2.24) is 9.88 Å². The number of nitrogens with zero attached hydrogens (tertiary/aromatic N) is 2. The molecule has 33 heavy (non-hydrogen) atoms. The van der Waals surface area contributed by atoms with Crippen molar-refractivity contribution in [3.05, 3.63) is 71.9 Å². The normalized spacial score (nSPS) is 19.6. The van der Waals surface area contributed by atoms with Gasteiger partial charge in [-0.25, -0.2) is 0 Å². The molecule has 1 fully saturated rings. The topological polar surface area (TPSA) is 65.8 Å². The highest BCUT2D eigenvalue weighted by Gasteiger charge is 2.29. The van der Waals surface area contributed by atoms with Gasteiger partial charge < -0.3 is 14.9 Å². The third-order valence-corrected chi connectivity index (χ3v) is 6.67. The number of rotatable bonds is 7. The van der Waals surface area contributed by atoms with Gasteiger partial charge in [-0.1, -0.05) is 30.0 Å². The minimum Gasteiger partial charge on any atom is -0.497 e. The Morgan fingerprint density at radius 3 is 2.79 bits per heavy atom. The lowest BCUT2D eigenvalue weighted by atomic mass is 9.81. The van der Waals surface area contributed by atoms with E-state index in [0.717, 1.165) is 53.7 Å². The molecular weight excluding hydrogens is 412 g/mol. The molecule has 3 atom stereocenters. The lowest BCUT2D eigenvalue weighted by Crippen LogP contribution is -2.42. The molecule has 2 aromatic carbocycles. The summed E-state index contributed by atoms with van der Waals surface area (Å²) in [5.41, 5.74) is 2.76. The molecule has 1 aliphatic rings. The first-order valence-electron chi connectivity index (χ1n) is 11.7. The Balaban J connectivity index is 1.34. The van der Waals surface area contributed by atoms with Crippen molar-refractivity contribution in [3.8, 4) is 17.6 Å². The first kappa shape index (κ1) is 23.3. The van der Waals surface area contributed by atoms with Crippen LogP contribution in [0.5, 0.6) is 5.75 Å². The number of aromatic nitrogens is 1. The van der Waals surface area contributed by atoms with E-state index in [2.05, 4.69) is 21.7 Å². The number of likely N-dealkylation sites (tertiary alicyclic amines) is 1. The summed E-state index contributed by atoms with van der Waals surface area (Å²) in [5, 5.41) is 21.9. The van der Waals surface area contributed by atoms with Crippen molar-refractivity contribution in [2.45, 2.75) is 25.4 Å². The van der Waals surface area contributed by atoms with Crippen LogP contribution in [0.2, 0.25) is 0 Å². The van der Waals surface area contributed by atoms with Gasteiger partial charge in [0.05, 0.1) is 25.3 Å². The van der Waals surface area contributed by atoms with Crippen LogP contribution in [-0.2, 0) is 0 Å². The van der Waals surface area contributed by atoms with E-state index in [4.69, 9.17) is 4.74 Å². The maximum Gasteiger partial charge on any atom is 0.119 e. The fraction of sp³-hybridized carbons (Fsp3) is 0.393. The van der Waals surface area contributed by atoms with Gasteiger partial charge in [0.1, 0.15) is 5.75 Å². The van der Waals surface area contributed by atoms with Gasteiger partial charge in [0.15, 0.2) is 0 Å². The molecule has 3 aromatic rings. The molecule has 1 aliphatic heterocycles. The molecular formula is C28H32N2O3. The molecule has 0 radical (unpaired) electrons. The Bertz CT molecular complexity index is 1110. The highest BCUT2D eigenvalue weighted by Crippen LogP contribution is 2.33. The summed E-state index contributed by atoms with van der Waals surface area (Å²) >= 11 is 0. The minimum atomic E-state index is -0.572. The van der Waals surface area contributed by atoms with Crippen molar-refractivity contribution >= 4 is 10.9 Å². The largest absolute Gasteiger partial charge is 0.497 e. The van der Waals surface area contributed by atoms with Gasteiger partial charge in [-0.15, -0.1) is 0 Å². The number of hydrogen-bond acceptors (Lipinski definition) is 5. The van der Waals surface area contributed by atoms with Crippen LogP contribution in [0.4, 0.5) is 0 Å². The molecule has 172 valence electrons. The summed E-state index contributed by atoms with van der Waals surface area (Å²) in [4.78, 5) is 6.74. The van der Waals surface area contributed by atoms with Crippen LogP contribution in [0.1, 0.15) is 36.5 Å². The highest BCUT2D eigenvalue weighted by atomic mass is 16.5. The lowest BCUT2D eigenvalue weighted by Gasteiger charge is -2.37. The summed E-state index contributed by atoms with van der Waals surface area (Å²) in [5.74, 6) is 7.84. The van der Waals surface area contributed by atoms with Gasteiger partial charge in [-0.05, 0) is 79.6 Å². The molecule has 4 rings (SSSR count). The summed E-state index contributed by atoms with van der Waals surface area (Å²) in [6.07, 6.45) is 3.72. The maximum atomic E-state index is 11.0. The van der Waals surface area contributed by atoms with E-state index in [-0.39, 0.29) is 12.5 Å². The third-order valence-electron chi connectivity index (χ3n) is 6.67. The van der Waals surface area contributed by atoms with Gasteiger partial charge in [0.25, 0.3) is 0 Å². The zero-order chi connectivity index (χ0) is 23.0. The SMILES string of the molecule is COc1ccc2nccc([C@H](O)CC[C@@H]3CCN(CC#Cc4ccccc4)C[C@@H]3CO)c2c1. The van der Waals surface area contributed by atoms with E-state index in [9.17, 15) is 10.2 Å². The highest BCUT2D eigenvalue weighted by molar-refractivity contribution is 5.83. The molecule has 5 heteroatoms. The summed E-state index contributed by atoms with van der Waals surface area (Å²) < 4.78 is 5.35. The van der Waals surface area contributed by atoms with Gasteiger partial charge >= 0.3 is 0 Å². The predicted octanol–water partition coefficient (Wildman–Crippen LogP) is 4.04. The summed E-state index contributed by atoms with van der Waals surface area (Å²) in [7, 11) is 1.64. The number of ether oxygens (including phenoxy) is 1. The van der Waals surface area contributed by atoms with Crippen molar-refractivity contribution in [1.29, 1.82) is 0 Å². The molecule has 0 spiro atoms. The first-order chi connectivity index (χ1) is 16.2. The van der Waals surface area contributed by atoms with E-state index >= 15 is 0 Å². The van der Waals surface area contributed by atoms with E-state index in [1.54, 1.807) is 13.3 Å². The van der Waals surface area contributed by atoms with Crippen molar-refractivity contribution in [3.63, 3.8) is 0 Å². The lowest BCUT2D eigenvalue weighted by molar-refractivity contribution is 0.0640. The zero-order valence-corrected chi connectivity index (χ0v) is 19.2. The molecule has 0 saturated carbocycles. The van der Waals surface area contributed by atoms with Crippen LogP contribution in [0.3, 0.4) is 0 Å². The number of pyridine rings is 1. The molecule has 0 bridgehead atoms. The standard InChI is InChI=1S/C28H32N2O3/c1-33-24-10-11-27-26(18-24)25(13-15-29-27)28(32)12-9-22-14-17-30(19-23(22)20-31)16-5-8-21-6-3-2-4-7-21/h2-4,6-7,10-11,13,15,18,22-23,28,31-32H,9,12,14,16-17,19-20H2,1H3/t22-,23-,28-/m1/s1. The average Bonchev–Trinajstić information content (AvgIpc) is 2.87. The molecule has 1 saturated heterocycles. The van der Waals surface area contributed by atoms with E-state index in [1.165, 1.54) is 0 Å². The van der Waals surface area contributed by atoms with E-state index in [0.29, 0.717) is 18.9 Å². The van der Waals surface area contributed by atoms with E-state index in [1.807, 2.05) is 54.6 Å².